The van der Waals surface area contributed by atoms with Crippen LogP contribution in [0.5, 0.6) is 0 Å². The van der Waals surface area contributed by atoms with Crippen LogP contribution in [0.2, 0.25) is 0 Å². The second-order valence-electron chi connectivity index (χ2n) is 2.96. The molecule has 0 bridgehead atoms. The van der Waals surface area contributed by atoms with Gasteiger partial charge < -0.3 is 0 Å². The highest BCUT2D eigenvalue weighted by molar-refractivity contribution is 5.89. The molecule has 1 heteroatoms. The minimum atomic E-state index is 0.257. The predicted octanol–water partition coefficient (Wildman–Crippen LogP) is 2.96. The predicted molar refractivity (Wildman–Crippen MR) is 48.5 cm³/mol. The zero-order chi connectivity index (χ0) is 8.69. The summed E-state index contributed by atoms with van der Waals surface area (Å²) >= 11 is 0. The molecule has 0 heterocycles. The Morgan fingerprint density at radius 3 is 2.55 bits per heavy atom. The van der Waals surface area contributed by atoms with Gasteiger partial charge >= 0.3 is 0 Å². The van der Waals surface area contributed by atoms with E-state index in [2.05, 4.69) is 13.8 Å². The molecule has 1 atom stereocenters. The number of hydrogen-bond donors (Lipinski definition) is 0. The molecule has 0 aliphatic rings. The maximum Gasteiger partial charge on any atom is 0.155 e. The lowest BCUT2D eigenvalue weighted by atomic mass is 10.1. The summed E-state index contributed by atoms with van der Waals surface area (Å²) in [6.45, 7) is 6.27. The lowest BCUT2D eigenvalue weighted by Gasteiger charge is -1.98. The maximum atomic E-state index is 11.0. The Morgan fingerprint density at radius 1 is 1.45 bits per heavy atom. The van der Waals surface area contributed by atoms with Gasteiger partial charge in [0.1, 0.15) is 0 Å². The summed E-state index contributed by atoms with van der Waals surface area (Å²) in [6.07, 6.45) is 6.46. The van der Waals surface area contributed by atoms with E-state index in [0.717, 1.165) is 12.8 Å². The van der Waals surface area contributed by atoms with Crippen LogP contribution >= 0.6 is 0 Å². The molecule has 0 aromatic rings. The molecule has 64 valence electrons. The third kappa shape index (κ3) is 5.84. The summed E-state index contributed by atoms with van der Waals surface area (Å²) in [5, 5.41) is 0. The summed E-state index contributed by atoms with van der Waals surface area (Å²) in [5.41, 5.74) is 0. The van der Waals surface area contributed by atoms with Crippen LogP contribution < -0.4 is 0 Å². The first-order chi connectivity index (χ1) is 5.20. The van der Waals surface area contributed by atoms with E-state index in [0.29, 0.717) is 12.3 Å². The van der Waals surface area contributed by atoms with Crippen LogP contribution in [-0.4, -0.2) is 5.78 Å². The van der Waals surface area contributed by atoms with Crippen molar-refractivity contribution in [2.24, 2.45) is 5.92 Å². The molecule has 1 unspecified atom stereocenters. The molecule has 0 N–H and O–H groups in total. The molecule has 0 aromatic heterocycles. The molecule has 0 saturated carbocycles. The van der Waals surface area contributed by atoms with E-state index in [9.17, 15) is 4.79 Å². The van der Waals surface area contributed by atoms with Gasteiger partial charge in [-0.15, -0.1) is 0 Å². The smallest absolute Gasteiger partial charge is 0.155 e. The molecule has 0 amide bonds. The van der Waals surface area contributed by atoms with Crippen molar-refractivity contribution in [1.82, 2.24) is 0 Å². The van der Waals surface area contributed by atoms with Crippen LogP contribution in [0.3, 0.4) is 0 Å². The Labute approximate surface area is 69.5 Å². The zero-order valence-electron chi connectivity index (χ0n) is 7.76. The van der Waals surface area contributed by atoms with Crippen molar-refractivity contribution in [3.63, 3.8) is 0 Å². The molecule has 0 saturated heterocycles. The number of hydrogen-bond acceptors (Lipinski definition) is 1. The highest BCUT2D eigenvalue weighted by Crippen LogP contribution is 2.02. The Morgan fingerprint density at radius 2 is 2.09 bits per heavy atom. The largest absolute Gasteiger partial charge is 0.295 e. The minimum absolute atomic E-state index is 0.257. The van der Waals surface area contributed by atoms with E-state index in [-0.39, 0.29) is 5.78 Å². The maximum absolute atomic E-state index is 11.0. The summed E-state index contributed by atoms with van der Waals surface area (Å²) in [6, 6.07) is 0. The monoisotopic (exact) mass is 154 g/mol. The van der Waals surface area contributed by atoms with Crippen LogP contribution in [0.4, 0.5) is 0 Å². The third-order valence-electron chi connectivity index (χ3n) is 1.75. The van der Waals surface area contributed by atoms with E-state index < -0.39 is 0 Å². The van der Waals surface area contributed by atoms with Gasteiger partial charge in [0, 0.05) is 6.42 Å². The van der Waals surface area contributed by atoms with E-state index in [1.807, 2.05) is 13.0 Å². The molecule has 0 radical (unpaired) electrons. The molecule has 0 aliphatic carbocycles. The van der Waals surface area contributed by atoms with Crippen molar-refractivity contribution in [2.75, 3.05) is 0 Å². The van der Waals surface area contributed by atoms with Crippen molar-refractivity contribution in [3.05, 3.63) is 12.2 Å². The van der Waals surface area contributed by atoms with Crippen LogP contribution in [0, 0.1) is 5.92 Å². The Kier molecular flexibility index (Phi) is 5.81. The molecule has 11 heavy (non-hydrogen) atoms. The fourth-order valence-corrected chi connectivity index (χ4v) is 0.737. The van der Waals surface area contributed by atoms with Crippen molar-refractivity contribution >= 4 is 5.78 Å². The van der Waals surface area contributed by atoms with Gasteiger partial charge in [-0.2, -0.15) is 0 Å². The highest BCUT2D eigenvalue weighted by Gasteiger charge is 1.95. The summed E-state index contributed by atoms with van der Waals surface area (Å²) < 4.78 is 0. The number of ketones is 1. The van der Waals surface area contributed by atoms with Gasteiger partial charge in [0.05, 0.1) is 0 Å². The number of carbonyl (C=O) groups excluding carboxylic acids is 1. The van der Waals surface area contributed by atoms with Crippen LogP contribution in [-0.2, 0) is 4.79 Å². The summed E-state index contributed by atoms with van der Waals surface area (Å²) in [5.74, 6) is 0.795. The first kappa shape index (κ1) is 10.4. The molecule has 0 aliphatic heterocycles. The van der Waals surface area contributed by atoms with Gasteiger partial charge in [0.25, 0.3) is 0 Å². The quantitative estimate of drug-likeness (QED) is 0.556. The average molecular weight is 154 g/mol. The molecular formula is C10H18O. The third-order valence-corrected chi connectivity index (χ3v) is 1.75. The highest BCUT2D eigenvalue weighted by atomic mass is 16.1. The number of allylic oxidation sites excluding steroid dienone is 2. The van der Waals surface area contributed by atoms with E-state index in [1.165, 1.54) is 0 Å². The van der Waals surface area contributed by atoms with Crippen molar-refractivity contribution in [3.8, 4) is 0 Å². The Balaban J connectivity index is 3.63. The van der Waals surface area contributed by atoms with Gasteiger partial charge in [0.15, 0.2) is 5.78 Å². The van der Waals surface area contributed by atoms with Crippen LogP contribution in [0.15, 0.2) is 12.2 Å². The number of carbonyl (C=O) groups is 1. The lowest BCUT2D eigenvalue weighted by Crippen LogP contribution is -1.92. The van der Waals surface area contributed by atoms with Gasteiger partial charge in [-0.3, -0.25) is 4.79 Å². The van der Waals surface area contributed by atoms with Gasteiger partial charge in [-0.25, -0.2) is 0 Å². The van der Waals surface area contributed by atoms with E-state index in [1.54, 1.807) is 6.08 Å². The second-order valence-corrected chi connectivity index (χ2v) is 2.96. The van der Waals surface area contributed by atoms with E-state index in [4.69, 9.17) is 0 Å². The Hall–Kier alpha value is -0.590. The fourth-order valence-electron chi connectivity index (χ4n) is 0.737. The normalized spacial score (nSPS) is 13.7. The standard InChI is InChI=1S/C10H18O/c1-4-6-10(11)8-7-9(3)5-2/h7-9H,4-6H2,1-3H3. The summed E-state index contributed by atoms with van der Waals surface area (Å²) in [4.78, 5) is 11.0. The molecule has 0 aromatic carbocycles. The molecule has 0 spiro atoms. The topological polar surface area (TPSA) is 17.1 Å². The SMILES string of the molecule is CCCC(=O)C=CC(C)CC. The lowest BCUT2D eigenvalue weighted by molar-refractivity contribution is -0.114. The van der Waals surface area contributed by atoms with E-state index >= 15 is 0 Å². The second kappa shape index (κ2) is 6.14. The van der Waals surface area contributed by atoms with Gasteiger partial charge in [-0.05, 0) is 18.4 Å². The number of rotatable bonds is 5. The average Bonchev–Trinajstić information content (AvgIpc) is 2.01. The van der Waals surface area contributed by atoms with Crippen LogP contribution in [0.1, 0.15) is 40.0 Å². The van der Waals surface area contributed by atoms with Crippen LogP contribution in [0.25, 0.3) is 0 Å². The van der Waals surface area contributed by atoms with Crippen molar-refractivity contribution in [2.45, 2.75) is 40.0 Å². The van der Waals surface area contributed by atoms with Gasteiger partial charge in [0.2, 0.25) is 0 Å². The molecule has 0 fully saturated rings. The Bertz CT molecular complexity index is 136. The van der Waals surface area contributed by atoms with Gasteiger partial charge in [-0.1, -0.05) is 33.3 Å². The molecule has 1 nitrogen and oxygen atoms in total. The fraction of sp³-hybridized carbons (Fsp3) is 0.700. The molecule has 0 rings (SSSR count). The van der Waals surface area contributed by atoms with Crippen molar-refractivity contribution < 1.29 is 4.79 Å². The first-order valence-electron chi connectivity index (χ1n) is 4.41. The minimum Gasteiger partial charge on any atom is -0.295 e. The van der Waals surface area contributed by atoms with Crippen molar-refractivity contribution in [1.29, 1.82) is 0 Å². The first-order valence-corrected chi connectivity index (χ1v) is 4.41. The zero-order valence-corrected chi connectivity index (χ0v) is 7.76. The summed E-state index contributed by atoms with van der Waals surface area (Å²) in [7, 11) is 0. The molecular weight excluding hydrogens is 136 g/mol.